The van der Waals surface area contributed by atoms with Gasteiger partial charge in [-0.3, -0.25) is 4.79 Å². The van der Waals surface area contributed by atoms with Gasteiger partial charge in [-0.25, -0.2) is 0 Å². The van der Waals surface area contributed by atoms with Gasteiger partial charge in [0.2, 0.25) is 5.91 Å². The van der Waals surface area contributed by atoms with E-state index in [1.54, 1.807) is 4.90 Å². The predicted octanol–water partition coefficient (Wildman–Crippen LogP) is 5.10. The first-order valence-corrected chi connectivity index (χ1v) is 10.9. The number of carbonyl (C=O) groups is 1. The van der Waals surface area contributed by atoms with E-state index in [1.165, 1.54) is 0 Å². The largest absolute Gasteiger partial charge is 0.351 e. The molecule has 1 heterocycles. The summed E-state index contributed by atoms with van der Waals surface area (Å²) >= 11 is 5.96. The zero-order valence-electron chi connectivity index (χ0n) is 17.0. The molecule has 1 amide bonds. The molecule has 0 aliphatic carbocycles. The maximum absolute atomic E-state index is 12.7. The maximum Gasteiger partial charge on any atom is 0.242 e. The average Bonchev–Trinajstić information content (AvgIpc) is 2.94. The molecule has 2 atom stereocenters. The van der Waals surface area contributed by atoms with Gasteiger partial charge in [-0.15, -0.1) is 11.6 Å². The molecule has 2 unspecified atom stereocenters. The fourth-order valence-electron chi connectivity index (χ4n) is 3.69. The number of aryl methyl sites for hydroxylation is 2. The molecule has 152 valence electrons. The zero-order chi connectivity index (χ0) is 19.6. The van der Waals surface area contributed by atoms with Crippen molar-refractivity contribution in [1.82, 2.24) is 0 Å². The lowest BCUT2D eigenvalue weighted by Gasteiger charge is -2.31. The first-order valence-electron chi connectivity index (χ1n) is 10.4. The van der Waals surface area contributed by atoms with Gasteiger partial charge in [0.25, 0.3) is 0 Å². The summed E-state index contributed by atoms with van der Waals surface area (Å²) in [5.74, 6) is -0.151. The molecule has 1 aromatic rings. The van der Waals surface area contributed by atoms with E-state index in [1.807, 2.05) is 0 Å². The van der Waals surface area contributed by atoms with Crippen molar-refractivity contribution in [3.05, 3.63) is 29.3 Å². The highest BCUT2D eigenvalue weighted by Gasteiger charge is 2.28. The summed E-state index contributed by atoms with van der Waals surface area (Å²) in [4.78, 5) is 14.5. The van der Waals surface area contributed by atoms with Crippen molar-refractivity contribution in [3.63, 3.8) is 0 Å². The van der Waals surface area contributed by atoms with Crippen molar-refractivity contribution in [2.45, 2.75) is 78.1 Å². The zero-order valence-corrected chi connectivity index (χ0v) is 17.8. The Bertz CT molecular complexity index is 571. The number of anilines is 1. The number of halogens is 1. The summed E-state index contributed by atoms with van der Waals surface area (Å²) in [6.07, 6.45) is 6.90. The molecule has 0 saturated carbocycles. The van der Waals surface area contributed by atoms with Crippen molar-refractivity contribution in [1.29, 1.82) is 0 Å². The number of alkyl halides is 1. The third-order valence-corrected chi connectivity index (χ3v) is 5.41. The van der Waals surface area contributed by atoms with Crippen molar-refractivity contribution in [2.24, 2.45) is 0 Å². The summed E-state index contributed by atoms with van der Waals surface area (Å²) in [7, 11) is 0. The molecule has 0 aromatic heterocycles. The van der Waals surface area contributed by atoms with E-state index in [-0.39, 0.29) is 17.9 Å². The van der Waals surface area contributed by atoms with Crippen LogP contribution < -0.4 is 4.90 Å². The molecule has 1 aromatic carbocycles. The summed E-state index contributed by atoms with van der Waals surface area (Å²) in [5.41, 5.74) is 3.29. The van der Waals surface area contributed by atoms with Crippen LogP contribution in [0.1, 0.15) is 64.0 Å². The van der Waals surface area contributed by atoms with E-state index in [4.69, 9.17) is 21.1 Å². The van der Waals surface area contributed by atoms with Crippen molar-refractivity contribution in [3.8, 4) is 0 Å². The van der Waals surface area contributed by atoms with Crippen LogP contribution in [0.2, 0.25) is 0 Å². The van der Waals surface area contributed by atoms with Crippen molar-refractivity contribution < 1.29 is 14.3 Å². The summed E-state index contributed by atoms with van der Waals surface area (Å²) in [6.45, 7) is 7.48. The molecule has 0 N–H and O–H groups in total. The van der Waals surface area contributed by atoms with Gasteiger partial charge in [0.1, 0.15) is 5.88 Å². The Morgan fingerprint density at radius 2 is 1.93 bits per heavy atom. The molecular formula is C22H34ClNO3. The molecule has 2 rings (SSSR count). The third-order valence-electron chi connectivity index (χ3n) is 5.18. The number of nitrogens with zero attached hydrogens (tertiary/aromatic N) is 1. The Kier molecular flexibility index (Phi) is 9.60. The number of amides is 1. The van der Waals surface area contributed by atoms with Crippen molar-refractivity contribution >= 4 is 23.2 Å². The summed E-state index contributed by atoms with van der Waals surface area (Å²) < 4.78 is 12.2. The molecule has 1 saturated heterocycles. The monoisotopic (exact) mass is 395 g/mol. The molecule has 5 heteroatoms. The molecule has 0 bridgehead atoms. The topological polar surface area (TPSA) is 38.8 Å². The Balaban J connectivity index is 2.26. The number of benzene rings is 1. The molecular weight excluding hydrogens is 362 g/mol. The molecule has 27 heavy (non-hydrogen) atoms. The fourth-order valence-corrected chi connectivity index (χ4v) is 3.83. The second kappa shape index (κ2) is 11.7. The quantitative estimate of drug-likeness (QED) is 0.546. The van der Waals surface area contributed by atoms with Crippen molar-refractivity contribution in [2.75, 3.05) is 23.9 Å². The number of hydrogen-bond donors (Lipinski definition) is 0. The molecule has 0 spiro atoms. The average molecular weight is 396 g/mol. The minimum atomic E-state index is -0.406. The smallest absolute Gasteiger partial charge is 0.242 e. The first-order chi connectivity index (χ1) is 13.1. The van der Waals surface area contributed by atoms with Gasteiger partial charge in [-0.2, -0.15) is 0 Å². The Morgan fingerprint density at radius 3 is 2.52 bits per heavy atom. The standard InChI is InChI=1S/C22H34ClNO3/c1-4-7-12-19-13-9-14-26-21(27-19)16-24(20(25)15-23)22-17(5-2)10-8-11-18(22)6-3/h8,10-11,19,21H,4-7,9,12-16H2,1-3H3. The summed E-state index contributed by atoms with van der Waals surface area (Å²) in [6, 6.07) is 6.23. The summed E-state index contributed by atoms with van der Waals surface area (Å²) in [5, 5.41) is 0. The normalized spacial score (nSPS) is 20.3. The van der Waals surface area contributed by atoms with E-state index in [0.29, 0.717) is 13.2 Å². The van der Waals surface area contributed by atoms with Crippen LogP contribution in [0, 0.1) is 0 Å². The van der Waals surface area contributed by atoms with E-state index < -0.39 is 6.29 Å². The minimum Gasteiger partial charge on any atom is -0.351 e. The van der Waals surface area contributed by atoms with Crippen LogP contribution in [-0.2, 0) is 27.1 Å². The molecule has 1 aliphatic rings. The van der Waals surface area contributed by atoms with Gasteiger partial charge in [-0.1, -0.05) is 51.8 Å². The van der Waals surface area contributed by atoms with Crippen LogP contribution in [0.25, 0.3) is 0 Å². The number of unbranched alkanes of at least 4 members (excludes halogenated alkanes) is 1. The van der Waals surface area contributed by atoms with Crippen LogP contribution >= 0.6 is 11.6 Å². The van der Waals surface area contributed by atoms with Crippen LogP contribution in [0.5, 0.6) is 0 Å². The lowest BCUT2D eigenvalue weighted by atomic mass is 10.0. The highest BCUT2D eigenvalue weighted by molar-refractivity contribution is 6.29. The van der Waals surface area contributed by atoms with Crippen LogP contribution in [0.3, 0.4) is 0 Å². The minimum absolute atomic E-state index is 0.0484. The fraction of sp³-hybridized carbons (Fsp3) is 0.682. The SMILES string of the molecule is CCCCC1CCCOC(CN(C(=O)CCl)c2c(CC)cccc2CC)O1. The molecule has 1 aliphatic heterocycles. The second-order valence-corrected chi connectivity index (χ2v) is 7.38. The van der Waals surface area contributed by atoms with Crippen LogP contribution in [-0.4, -0.2) is 37.3 Å². The number of hydrogen-bond acceptors (Lipinski definition) is 3. The lowest BCUT2D eigenvalue weighted by molar-refractivity contribution is -0.151. The van der Waals surface area contributed by atoms with Gasteiger partial charge in [0, 0.05) is 6.61 Å². The Labute approximate surface area is 169 Å². The van der Waals surface area contributed by atoms with E-state index in [0.717, 1.165) is 61.8 Å². The molecule has 0 radical (unpaired) electrons. The van der Waals surface area contributed by atoms with Gasteiger partial charge in [0.15, 0.2) is 6.29 Å². The molecule has 1 fully saturated rings. The first kappa shape index (κ1) is 22.2. The van der Waals surface area contributed by atoms with Gasteiger partial charge < -0.3 is 14.4 Å². The Hall–Kier alpha value is -1.10. The van der Waals surface area contributed by atoms with E-state index >= 15 is 0 Å². The second-order valence-electron chi connectivity index (χ2n) is 7.11. The molecule has 4 nitrogen and oxygen atoms in total. The number of carbonyl (C=O) groups excluding carboxylic acids is 1. The highest BCUT2D eigenvalue weighted by Crippen LogP contribution is 2.29. The van der Waals surface area contributed by atoms with E-state index in [2.05, 4.69) is 39.0 Å². The van der Waals surface area contributed by atoms with Crippen LogP contribution in [0.4, 0.5) is 5.69 Å². The third kappa shape index (κ3) is 6.20. The number of ether oxygens (including phenoxy) is 2. The highest BCUT2D eigenvalue weighted by atomic mass is 35.5. The van der Waals surface area contributed by atoms with Gasteiger partial charge in [-0.05, 0) is 43.2 Å². The Morgan fingerprint density at radius 1 is 1.22 bits per heavy atom. The number of rotatable bonds is 9. The van der Waals surface area contributed by atoms with Crippen LogP contribution in [0.15, 0.2) is 18.2 Å². The number of para-hydroxylation sites is 1. The maximum atomic E-state index is 12.7. The lowest BCUT2D eigenvalue weighted by Crippen LogP contribution is -2.42. The van der Waals surface area contributed by atoms with Gasteiger partial charge in [0.05, 0.1) is 18.3 Å². The predicted molar refractivity (Wildman–Crippen MR) is 112 cm³/mol. The van der Waals surface area contributed by atoms with E-state index in [9.17, 15) is 4.79 Å². The van der Waals surface area contributed by atoms with Gasteiger partial charge >= 0.3 is 0 Å².